The minimum atomic E-state index is -4.18. The predicted octanol–water partition coefficient (Wildman–Crippen LogP) is 4.32. The van der Waals surface area contributed by atoms with Crippen LogP contribution in [0, 0.1) is 6.92 Å². The highest BCUT2D eigenvalue weighted by molar-refractivity contribution is 7.93. The first-order valence-electron chi connectivity index (χ1n) is 12.6. The fourth-order valence-corrected chi connectivity index (χ4v) is 6.52. The number of fused-ring (bicyclic) bond motifs is 1. The molecule has 1 atom stereocenters. The van der Waals surface area contributed by atoms with E-state index in [-0.39, 0.29) is 43.4 Å². The van der Waals surface area contributed by atoms with Gasteiger partial charge < -0.3 is 19.7 Å². The molecule has 9 nitrogen and oxygen atoms in total. The third-order valence-corrected chi connectivity index (χ3v) is 8.62. The number of ether oxygens (including phenoxy) is 2. The quantitative estimate of drug-likeness (QED) is 0.491. The first kappa shape index (κ1) is 26.9. The molecule has 2 aliphatic rings. The van der Waals surface area contributed by atoms with Crippen molar-refractivity contribution in [2.45, 2.75) is 69.8 Å². The van der Waals surface area contributed by atoms with E-state index >= 15 is 0 Å². The van der Waals surface area contributed by atoms with E-state index in [4.69, 9.17) is 9.47 Å². The molecule has 1 aromatic carbocycles. The van der Waals surface area contributed by atoms with Crippen LogP contribution in [0.2, 0.25) is 0 Å². The first-order valence-corrected chi connectivity index (χ1v) is 14.1. The molecule has 0 spiro atoms. The number of allylic oxidation sites excluding steroid dienone is 2. The van der Waals surface area contributed by atoms with E-state index in [9.17, 15) is 23.4 Å². The highest BCUT2D eigenvalue weighted by Gasteiger charge is 2.37. The summed E-state index contributed by atoms with van der Waals surface area (Å²) < 4.78 is 41.1. The lowest BCUT2D eigenvalue weighted by Crippen LogP contribution is -2.44. The van der Waals surface area contributed by atoms with Crippen LogP contribution in [0.4, 0.5) is 5.69 Å². The number of nitrogens with zero attached hydrogens (tertiary/aromatic N) is 2. The van der Waals surface area contributed by atoms with Crippen LogP contribution in [0.1, 0.15) is 63.0 Å². The van der Waals surface area contributed by atoms with Crippen molar-refractivity contribution in [3.8, 4) is 11.6 Å². The number of sulfonamides is 1. The van der Waals surface area contributed by atoms with Crippen LogP contribution in [-0.2, 0) is 14.8 Å². The zero-order valence-electron chi connectivity index (χ0n) is 21.3. The van der Waals surface area contributed by atoms with Gasteiger partial charge >= 0.3 is 5.97 Å². The normalized spacial score (nSPS) is 17.6. The Bertz CT molecular complexity index is 1280. The number of hydrogen-bond acceptors (Lipinski definition) is 7. The van der Waals surface area contributed by atoms with Crippen molar-refractivity contribution < 1.29 is 32.9 Å². The number of pyridine rings is 1. The molecule has 1 aliphatic carbocycles. The van der Waals surface area contributed by atoms with Gasteiger partial charge in [0.05, 0.1) is 18.8 Å². The Hall–Kier alpha value is -3.11. The average Bonchev–Trinajstić information content (AvgIpc) is 2.90. The van der Waals surface area contributed by atoms with E-state index in [1.807, 2.05) is 12.1 Å². The molecule has 10 heteroatoms. The molecule has 0 unspecified atom stereocenters. The molecule has 0 amide bonds. The molecule has 1 aromatic heterocycles. The molecule has 4 rings (SSSR count). The maximum absolute atomic E-state index is 14.1. The smallest absolute Gasteiger partial charge is 0.303 e. The Balaban J connectivity index is 1.80. The standard InChI is InChI=1S/C27H34N2O7S/c1-18-14-25(27(28-16-18)35-13-12-30)37(33,34)29-17-22(9-11-26(31)32)36-24-10-8-21(15-23(24)29)19(2)20-6-4-3-5-7-20/h8,10,14-16,22,30H,3-7,9,11-13,17H2,1-2H3,(H,31,32)/t22-/m0/s1. The molecule has 0 radical (unpaired) electrons. The molecule has 1 aliphatic heterocycles. The highest BCUT2D eigenvalue weighted by atomic mass is 32.2. The zero-order chi connectivity index (χ0) is 26.6. The number of hydrogen-bond donors (Lipinski definition) is 2. The summed E-state index contributed by atoms with van der Waals surface area (Å²) in [6.07, 6.45) is 6.50. The fraction of sp³-hybridized carbons (Fsp3) is 0.481. The van der Waals surface area contributed by atoms with Crippen LogP contribution < -0.4 is 13.8 Å². The third-order valence-electron chi connectivity index (χ3n) is 6.84. The van der Waals surface area contributed by atoms with Crippen LogP contribution in [0.25, 0.3) is 5.57 Å². The fourth-order valence-electron chi connectivity index (χ4n) is 4.85. The summed E-state index contributed by atoms with van der Waals surface area (Å²) in [5, 5.41) is 18.4. The maximum atomic E-state index is 14.1. The Morgan fingerprint density at radius 3 is 2.68 bits per heavy atom. The number of anilines is 1. The van der Waals surface area contributed by atoms with Crippen molar-refractivity contribution in [1.82, 2.24) is 4.98 Å². The van der Waals surface area contributed by atoms with Gasteiger partial charge in [0.15, 0.2) is 0 Å². The molecule has 1 fully saturated rings. The summed E-state index contributed by atoms with van der Waals surface area (Å²) in [5.41, 5.74) is 4.51. The van der Waals surface area contributed by atoms with E-state index in [2.05, 4.69) is 11.9 Å². The Morgan fingerprint density at radius 1 is 1.22 bits per heavy atom. The number of aliphatic hydroxyl groups is 1. The summed E-state index contributed by atoms with van der Waals surface area (Å²) in [6, 6.07) is 7.04. The van der Waals surface area contributed by atoms with E-state index in [1.165, 1.54) is 28.6 Å². The molecular formula is C27H34N2O7S. The Morgan fingerprint density at radius 2 is 1.97 bits per heavy atom. The number of carboxylic acid groups (broad SMARTS) is 1. The van der Waals surface area contributed by atoms with Crippen LogP contribution in [0.5, 0.6) is 11.6 Å². The lowest BCUT2D eigenvalue weighted by molar-refractivity contribution is -0.137. The predicted molar refractivity (Wildman–Crippen MR) is 139 cm³/mol. The van der Waals surface area contributed by atoms with Crippen molar-refractivity contribution in [2.24, 2.45) is 0 Å². The molecule has 0 bridgehead atoms. The number of rotatable bonds is 9. The summed E-state index contributed by atoms with van der Waals surface area (Å²) in [6.45, 7) is 3.38. The third kappa shape index (κ3) is 6.07. The second kappa shape index (κ2) is 11.5. The molecule has 0 saturated heterocycles. The van der Waals surface area contributed by atoms with Crippen LogP contribution in [0.15, 0.2) is 40.9 Å². The molecule has 200 valence electrons. The van der Waals surface area contributed by atoms with Gasteiger partial charge in [0.2, 0.25) is 5.88 Å². The van der Waals surface area contributed by atoms with Crippen molar-refractivity contribution in [3.63, 3.8) is 0 Å². The average molecular weight is 531 g/mol. The number of aryl methyl sites for hydroxylation is 1. The number of benzene rings is 1. The van der Waals surface area contributed by atoms with E-state index in [1.54, 1.807) is 13.0 Å². The number of aliphatic hydroxyl groups excluding tert-OH is 1. The molecule has 2 N–H and O–H groups in total. The number of aromatic nitrogens is 1. The number of aliphatic carboxylic acids is 1. The van der Waals surface area contributed by atoms with Crippen molar-refractivity contribution in [1.29, 1.82) is 0 Å². The summed E-state index contributed by atoms with van der Waals surface area (Å²) in [4.78, 5) is 15.3. The molecule has 2 aromatic rings. The lowest BCUT2D eigenvalue weighted by atomic mass is 9.89. The molecular weight excluding hydrogens is 496 g/mol. The van der Waals surface area contributed by atoms with Gasteiger partial charge in [-0.05, 0) is 80.9 Å². The minimum Gasteiger partial charge on any atom is -0.486 e. The molecule has 37 heavy (non-hydrogen) atoms. The summed E-state index contributed by atoms with van der Waals surface area (Å²) in [5.74, 6) is -0.684. The second-order valence-electron chi connectivity index (χ2n) is 9.57. The van der Waals surface area contributed by atoms with Crippen molar-refractivity contribution in [2.75, 3.05) is 24.1 Å². The SMILES string of the molecule is CC(=C1CCCCC1)c1ccc2c(c1)N(S(=O)(=O)c1cc(C)cnc1OCCO)C[C@H](CCC(=O)O)O2. The van der Waals surface area contributed by atoms with Crippen molar-refractivity contribution in [3.05, 3.63) is 47.2 Å². The first-order chi connectivity index (χ1) is 17.7. The highest BCUT2D eigenvalue weighted by Crippen LogP contribution is 2.42. The molecule has 1 saturated carbocycles. The van der Waals surface area contributed by atoms with Gasteiger partial charge in [-0.25, -0.2) is 13.4 Å². The Labute approximate surface area is 217 Å². The van der Waals surface area contributed by atoms with Gasteiger partial charge in [-0.2, -0.15) is 0 Å². The van der Waals surface area contributed by atoms with E-state index in [0.717, 1.165) is 36.8 Å². The van der Waals surface area contributed by atoms with Gasteiger partial charge in [-0.15, -0.1) is 0 Å². The van der Waals surface area contributed by atoms with Crippen LogP contribution in [0.3, 0.4) is 0 Å². The lowest BCUT2D eigenvalue weighted by Gasteiger charge is -2.36. The second-order valence-corrected chi connectivity index (χ2v) is 11.4. The van der Waals surface area contributed by atoms with E-state index in [0.29, 0.717) is 17.0 Å². The number of carboxylic acids is 1. The van der Waals surface area contributed by atoms with E-state index < -0.39 is 22.1 Å². The largest absolute Gasteiger partial charge is 0.486 e. The monoisotopic (exact) mass is 530 g/mol. The summed E-state index contributed by atoms with van der Waals surface area (Å²) >= 11 is 0. The summed E-state index contributed by atoms with van der Waals surface area (Å²) in [7, 11) is -4.18. The topological polar surface area (TPSA) is 126 Å². The zero-order valence-corrected chi connectivity index (χ0v) is 22.1. The van der Waals surface area contributed by atoms with Gasteiger partial charge in [0.25, 0.3) is 10.0 Å². The van der Waals surface area contributed by atoms with Crippen LogP contribution in [-0.4, -0.2) is 55.4 Å². The van der Waals surface area contributed by atoms with Gasteiger partial charge in [-0.1, -0.05) is 18.1 Å². The van der Waals surface area contributed by atoms with Gasteiger partial charge in [-0.3, -0.25) is 9.10 Å². The Kier molecular flexibility index (Phi) is 8.39. The van der Waals surface area contributed by atoms with Crippen molar-refractivity contribution >= 4 is 27.3 Å². The van der Waals surface area contributed by atoms with Gasteiger partial charge in [0, 0.05) is 12.6 Å². The number of carbonyl (C=O) groups is 1. The van der Waals surface area contributed by atoms with Crippen LogP contribution >= 0.6 is 0 Å². The minimum absolute atomic E-state index is 0.0466. The maximum Gasteiger partial charge on any atom is 0.303 e. The van der Waals surface area contributed by atoms with Gasteiger partial charge in [0.1, 0.15) is 23.4 Å². The molecule has 2 heterocycles.